The molecule has 0 saturated carbocycles. The van der Waals surface area contributed by atoms with Gasteiger partial charge in [0.2, 0.25) is 5.91 Å². The number of imide groups is 1. The van der Waals surface area contributed by atoms with Crippen molar-refractivity contribution in [1.29, 1.82) is 0 Å². The maximum Gasteiger partial charge on any atom is 0.261 e. The summed E-state index contributed by atoms with van der Waals surface area (Å²) >= 11 is 0. The van der Waals surface area contributed by atoms with E-state index in [2.05, 4.69) is 58.7 Å². The highest BCUT2D eigenvalue weighted by atomic mass is 19.1. The first-order chi connectivity index (χ1) is 27.8. The molecule has 9 heteroatoms. The largest absolute Gasteiger partial charge is 0.493 e. The molecule has 0 fully saturated rings. The average molecular weight is 768 g/mol. The minimum Gasteiger partial charge on any atom is -0.493 e. The number of nitrogens with one attached hydrogen (secondary N) is 1. The van der Waals surface area contributed by atoms with Crippen molar-refractivity contribution in [3.05, 3.63) is 166 Å². The van der Waals surface area contributed by atoms with E-state index in [0.717, 1.165) is 61.9 Å². The van der Waals surface area contributed by atoms with Crippen molar-refractivity contribution in [2.45, 2.75) is 56.4 Å². The van der Waals surface area contributed by atoms with Crippen LogP contribution in [0.3, 0.4) is 0 Å². The summed E-state index contributed by atoms with van der Waals surface area (Å²) in [5.74, 6) is 0.431. The van der Waals surface area contributed by atoms with Gasteiger partial charge >= 0.3 is 0 Å². The third-order valence-electron chi connectivity index (χ3n) is 11.7. The third-order valence-corrected chi connectivity index (χ3v) is 11.7. The zero-order valence-corrected chi connectivity index (χ0v) is 32.7. The van der Waals surface area contributed by atoms with Gasteiger partial charge in [-0.05, 0) is 109 Å². The molecular formula is C48H50FN3O5. The van der Waals surface area contributed by atoms with Gasteiger partial charge in [-0.1, -0.05) is 84.9 Å². The van der Waals surface area contributed by atoms with Crippen LogP contribution in [0.2, 0.25) is 0 Å². The third kappa shape index (κ3) is 8.64. The Bertz CT molecular complexity index is 2100. The number of hydrogen-bond donors (Lipinski definition) is 1. The maximum absolute atomic E-state index is 13.7. The number of hydrogen-bond acceptors (Lipinski definition) is 6. The van der Waals surface area contributed by atoms with Gasteiger partial charge in [-0.3, -0.25) is 24.2 Å². The average Bonchev–Trinajstić information content (AvgIpc) is 3.49. The molecule has 7 rings (SSSR count). The molecule has 0 spiro atoms. The van der Waals surface area contributed by atoms with Gasteiger partial charge in [-0.2, -0.15) is 0 Å². The predicted molar refractivity (Wildman–Crippen MR) is 219 cm³/mol. The lowest BCUT2D eigenvalue weighted by Crippen LogP contribution is -2.44. The molecule has 8 nitrogen and oxygen atoms in total. The van der Waals surface area contributed by atoms with E-state index >= 15 is 0 Å². The van der Waals surface area contributed by atoms with Gasteiger partial charge in [0.15, 0.2) is 11.5 Å². The van der Waals surface area contributed by atoms with Crippen molar-refractivity contribution in [2.24, 2.45) is 0 Å². The Kier molecular flexibility index (Phi) is 12.4. The molecule has 0 aliphatic carbocycles. The van der Waals surface area contributed by atoms with Crippen molar-refractivity contribution >= 4 is 17.7 Å². The molecule has 294 valence electrons. The molecule has 5 aromatic carbocycles. The summed E-state index contributed by atoms with van der Waals surface area (Å²) < 4.78 is 24.8. The van der Waals surface area contributed by atoms with Crippen LogP contribution >= 0.6 is 0 Å². The van der Waals surface area contributed by atoms with Crippen molar-refractivity contribution in [3.8, 4) is 11.5 Å². The second-order valence-electron chi connectivity index (χ2n) is 15.0. The van der Waals surface area contributed by atoms with Gasteiger partial charge in [0.1, 0.15) is 5.82 Å². The number of fused-ring (bicyclic) bond motifs is 2. The Morgan fingerprint density at radius 2 is 1.35 bits per heavy atom. The Morgan fingerprint density at radius 1 is 0.772 bits per heavy atom. The summed E-state index contributed by atoms with van der Waals surface area (Å²) in [6.07, 6.45) is 4.96. The number of carbonyl (C=O) groups excluding carboxylic acids is 3. The molecule has 0 bridgehead atoms. The number of nitrogens with zero attached hydrogens (tertiary/aromatic N) is 2. The van der Waals surface area contributed by atoms with Crippen molar-refractivity contribution in [1.82, 2.24) is 15.1 Å². The van der Waals surface area contributed by atoms with E-state index in [0.29, 0.717) is 42.0 Å². The van der Waals surface area contributed by atoms with Gasteiger partial charge in [0, 0.05) is 31.5 Å². The lowest BCUT2D eigenvalue weighted by atomic mass is 9.68. The molecule has 1 unspecified atom stereocenters. The van der Waals surface area contributed by atoms with Gasteiger partial charge in [0.05, 0.1) is 31.4 Å². The summed E-state index contributed by atoms with van der Waals surface area (Å²) in [5.41, 5.74) is 6.08. The fourth-order valence-corrected chi connectivity index (χ4v) is 8.72. The van der Waals surface area contributed by atoms with Crippen LogP contribution in [-0.4, -0.2) is 67.9 Å². The number of carbonyl (C=O) groups is 3. The Balaban J connectivity index is 1.11. The highest BCUT2D eigenvalue weighted by Crippen LogP contribution is 2.43. The molecule has 57 heavy (non-hydrogen) atoms. The number of methoxy groups -OCH3 is 2. The molecule has 5 aromatic rings. The van der Waals surface area contributed by atoms with E-state index in [4.69, 9.17) is 9.47 Å². The number of ether oxygens (including phenoxy) is 2. The molecule has 0 aromatic heterocycles. The molecule has 2 heterocycles. The molecule has 3 amide bonds. The normalized spacial score (nSPS) is 15.3. The Hall–Kier alpha value is -5.80. The van der Waals surface area contributed by atoms with Gasteiger partial charge < -0.3 is 14.8 Å². The molecule has 1 atom stereocenters. The van der Waals surface area contributed by atoms with Crippen LogP contribution in [0.5, 0.6) is 11.5 Å². The van der Waals surface area contributed by atoms with Crippen LogP contribution < -0.4 is 14.8 Å². The van der Waals surface area contributed by atoms with E-state index < -0.39 is 0 Å². The highest BCUT2D eigenvalue weighted by Gasteiger charge is 2.40. The zero-order valence-electron chi connectivity index (χ0n) is 32.7. The fraction of sp³-hybridized carbons (Fsp3) is 0.312. The SMILES string of the molecule is COc1cc2c(cc1OC)C(CN1C(=O)c3ccccc3C1=O)N(CCCC(CCCNC(=O)CCc1ccc(F)cc1)(c1ccccc1)c1ccccc1)CC2. The summed E-state index contributed by atoms with van der Waals surface area (Å²) in [6.45, 7) is 2.26. The number of benzene rings is 5. The van der Waals surface area contributed by atoms with Crippen LogP contribution in [0.4, 0.5) is 4.39 Å². The topological polar surface area (TPSA) is 88.2 Å². The molecule has 1 N–H and O–H groups in total. The van der Waals surface area contributed by atoms with Crippen LogP contribution in [0.25, 0.3) is 0 Å². The fourth-order valence-electron chi connectivity index (χ4n) is 8.72. The maximum atomic E-state index is 13.7. The molecule has 2 aliphatic rings. The number of amides is 3. The first-order valence-corrected chi connectivity index (χ1v) is 19.9. The molecule has 2 aliphatic heterocycles. The molecular weight excluding hydrogens is 718 g/mol. The summed E-state index contributed by atoms with van der Waals surface area (Å²) in [4.78, 5) is 44.0. The van der Waals surface area contributed by atoms with E-state index in [-0.39, 0.29) is 41.5 Å². The summed E-state index contributed by atoms with van der Waals surface area (Å²) in [7, 11) is 3.25. The van der Waals surface area contributed by atoms with E-state index in [1.807, 2.05) is 24.3 Å². The number of aryl methyl sites for hydroxylation is 1. The monoisotopic (exact) mass is 767 g/mol. The minimum absolute atomic E-state index is 0.0203. The quantitative estimate of drug-likeness (QED) is 0.0757. The summed E-state index contributed by atoms with van der Waals surface area (Å²) in [5, 5.41) is 3.13. The second kappa shape index (κ2) is 18.0. The van der Waals surface area contributed by atoms with Crippen LogP contribution in [-0.2, 0) is 23.1 Å². The minimum atomic E-state index is -0.330. The Labute approximate surface area is 334 Å². The van der Waals surface area contributed by atoms with Crippen LogP contribution in [0.15, 0.2) is 121 Å². The Morgan fingerprint density at radius 3 is 1.96 bits per heavy atom. The first-order valence-electron chi connectivity index (χ1n) is 19.9. The number of rotatable bonds is 17. The lowest BCUT2D eigenvalue weighted by Gasteiger charge is -2.41. The second-order valence-corrected chi connectivity index (χ2v) is 15.0. The smallest absolute Gasteiger partial charge is 0.261 e. The number of halogens is 1. The van der Waals surface area contributed by atoms with Gasteiger partial charge in [-0.25, -0.2) is 4.39 Å². The standard InChI is InChI=1S/C48H50FN3O5/c1-56-43-31-35-25-30-51(42(41(35)32-44(43)57-2)33-52-46(54)39-17-9-10-18-40(39)47(52)55)29-12-27-48(36-13-5-3-6-14-36,37-15-7-4-8-16-37)26-11-28-50-45(53)24-21-34-19-22-38(49)23-20-34/h3-10,13-20,22-23,31-32,42H,11-12,21,24-30,33H2,1-2H3,(H,50,53). The van der Waals surface area contributed by atoms with Gasteiger partial charge in [-0.15, -0.1) is 0 Å². The lowest BCUT2D eigenvalue weighted by molar-refractivity contribution is -0.121. The molecule has 0 radical (unpaired) electrons. The van der Waals surface area contributed by atoms with Crippen molar-refractivity contribution < 1.29 is 28.2 Å². The van der Waals surface area contributed by atoms with Crippen molar-refractivity contribution in [3.63, 3.8) is 0 Å². The van der Waals surface area contributed by atoms with Gasteiger partial charge in [0.25, 0.3) is 11.8 Å². The van der Waals surface area contributed by atoms with E-state index in [1.165, 1.54) is 28.2 Å². The van der Waals surface area contributed by atoms with Crippen molar-refractivity contribution in [2.75, 3.05) is 40.4 Å². The predicted octanol–water partition coefficient (Wildman–Crippen LogP) is 8.33. The van der Waals surface area contributed by atoms with Crippen LogP contribution in [0, 0.1) is 5.82 Å². The highest BCUT2D eigenvalue weighted by molar-refractivity contribution is 6.21. The first kappa shape index (κ1) is 39.4. The summed E-state index contributed by atoms with van der Waals surface area (Å²) in [6, 6.07) is 38.4. The van der Waals surface area contributed by atoms with E-state index in [9.17, 15) is 18.8 Å². The zero-order chi connectivity index (χ0) is 39.8. The molecule has 0 saturated heterocycles. The van der Waals surface area contributed by atoms with E-state index in [1.54, 1.807) is 50.6 Å². The van der Waals surface area contributed by atoms with Crippen LogP contribution in [0.1, 0.15) is 86.7 Å².